The quantitative estimate of drug-likeness (QED) is 0.460. The Bertz CT molecular complexity index is 598. The highest BCUT2D eigenvalue weighted by Crippen LogP contribution is 2.40. The molecule has 0 saturated heterocycles. The number of hydrogen-bond acceptors (Lipinski definition) is 3. The molecule has 5 heteroatoms. The number of carboxylic acid groups (broad SMARTS) is 1. The molecule has 1 atom stereocenters. The van der Waals surface area contributed by atoms with Crippen LogP contribution in [0.5, 0.6) is 0 Å². The molecule has 1 aromatic rings. The van der Waals surface area contributed by atoms with E-state index in [1.807, 2.05) is 0 Å². The predicted octanol–water partition coefficient (Wildman–Crippen LogP) is 3.62. The zero-order chi connectivity index (χ0) is 19.3. The molecule has 2 saturated carbocycles. The molecule has 1 unspecified atom stereocenters. The molecule has 2 fully saturated rings. The molecule has 0 spiro atoms. The van der Waals surface area contributed by atoms with Gasteiger partial charge >= 0.3 is 5.97 Å². The first-order valence-electron chi connectivity index (χ1n) is 10.6. The van der Waals surface area contributed by atoms with E-state index in [0.29, 0.717) is 30.7 Å². The van der Waals surface area contributed by atoms with Crippen LogP contribution in [-0.4, -0.2) is 36.5 Å². The normalized spacial score (nSPS) is 30.3. The second-order valence-corrected chi connectivity index (χ2v) is 8.58. The minimum Gasteiger partial charge on any atom is -0.480 e. The lowest BCUT2D eigenvalue weighted by Gasteiger charge is -2.46. The predicted molar refractivity (Wildman–Crippen MR) is 110 cm³/mol. The average Bonchev–Trinajstić information content (AvgIpc) is 2.65. The van der Waals surface area contributed by atoms with Gasteiger partial charge in [-0.2, -0.15) is 0 Å². The Labute approximate surface area is 164 Å². The van der Waals surface area contributed by atoms with Crippen LogP contribution in [0.4, 0.5) is 0 Å². The fourth-order valence-electron chi connectivity index (χ4n) is 4.87. The zero-order valence-electron chi connectivity index (χ0n) is 16.3. The summed E-state index contributed by atoms with van der Waals surface area (Å²) in [7, 11) is 5.53. The second kappa shape index (κ2) is 9.25. The monoisotopic (exact) mass is 368 g/mol. The van der Waals surface area contributed by atoms with Crippen LogP contribution >= 0.6 is 0 Å². The Kier molecular flexibility index (Phi) is 6.99. The van der Waals surface area contributed by atoms with E-state index in [4.69, 9.17) is 13.6 Å². The Balaban J connectivity index is 1.42. The molecule has 27 heavy (non-hydrogen) atoms. The molecule has 4 N–H and O–H groups in total. The van der Waals surface area contributed by atoms with Crippen molar-refractivity contribution in [2.75, 3.05) is 0 Å². The standard InChI is InChI=1S/C22H33BN2O2/c23-13-5-4-12-22(24,21(26)27)18-14-20(15-18)25-19-10-8-17(9-11-19)16-6-2-1-3-7-16/h1-3,6-7,17-20,25H,4-5,8-15,24H2,(H,26,27). The highest BCUT2D eigenvalue weighted by atomic mass is 16.4. The summed E-state index contributed by atoms with van der Waals surface area (Å²) in [5, 5.41) is 13.4. The first-order valence-corrected chi connectivity index (χ1v) is 10.6. The van der Waals surface area contributed by atoms with Crippen LogP contribution in [0.2, 0.25) is 6.32 Å². The lowest BCUT2D eigenvalue weighted by atomic mass is 9.66. The largest absolute Gasteiger partial charge is 0.480 e. The summed E-state index contributed by atoms with van der Waals surface area (Å²) in [5.41, 5.74) is 6.68. The molecule has 0 amide bonds. The molecule has 1 aromatic carbocycles. The number of benzene rings is 1. The highest BCUT2D eigenvalue weighted by Gasteiger charge is 2.48. The van der Waals surface area contributed by atoms with Gasteiger partial charge in [0.15, 0.2) is 0 Å². The van der Waals surface area contributed by atoms with Crippen molar-refractivity contribution in [1.29, 1.82) is 0 Å². The van der Waals surface area contributed by atoms with E-state index in [1.54, 1.807) is 0 Å². The van der Waals surface area contributed by atoms with Crippen molar-refractivity contribution in [2.45, 2.75) is 87.6 Å². The van der Waals surface area contributed by atoms with E-state index >= 15 is 0 Å². The van der Waals surface area contributed by atoms with Crippen LogP contribution in [0.15, 0.2) is 30.3 Å². The molecule has 2 aliphatic rings. The van der Waals surface area contributed by atoms with Gasteiger partial charge in [0.1, 0.15) is 5.54 Å². The lowest BCUT2D eigenvalue weighted by Crippen LogP contribution is -2.62. The van der Waals surface area contributed by atoms with Gasteiger partial charge in [0, 0.05) is 12.1 Å². The first-order chi connectivity index (χ1) is 13.0. The van der Waals surface area contributed by atoms with E-state index in [2.05, 4.69) is 35.6 Å². The first kappa shape index (κ1) is 20.4. The molecular weight excluding hydrogens is 335 g/mol. The van der Waals surface area contributed by atoms with Crippen LogP contribution in [0, 0.1) is 5.92 Å². The molecule has 0 aliphatic heterocycles. The maximum absolute atomic E-state index is 11.7. The van der Waals surface area contributed by atoms with E-state index in [9.17, 15) is 9.90 Å². The number of aliphatic carboxylic acids is 1. The Hall–Kier alpha value is -1.33. The molecule has 0 aromatic heterocycles. The maximum Gasteiger partial charge on any atom is 0.323 e. The van der Waals surface area contributed by atoms with Crippen molar-refractivity contribution in [3.05, 3.63) is 35.9 Å². The molecule has 0 heterocycles. The summed E-state index contributed by atoms with van der Waals surface area (Å²) in [6.45, 7) is 0. The maximum atomic E-state index is 11.7. The smallest absolute Gasteiger partial charge is 0.323 e. The topological polar surface area (TPSA) is 75.4 Å². The third-order valence-electron chi connectivity index (χ3n) is 6.78. The number of nitrogens with two attached hydrogens (primary N) is 1. The van der Waals surface area contributed by atoms with Crippen LogP contribution in [0.1, 0.15) is 69.3 Å². The fourth-order valence-corrected chi connectivity index (χ4v) is 4.87. The molecule has 2 radical (unpaired) electrons. The van der Waals surface area contributed by atoms with Gasteiger partial charge in [-0.05, 0) is 62.3 Å². The van der Waals surface area contributed by atoms with Crippen molar-refractivity contribution in [3.63, 3.8) is 0 Å². The zero-order valence-corrected chi connectivity index (χ0v) is 16.3. The van der Waals surface area contributed by atoms with Gasteiger partial charge in [-0.1, -0.05) is 49.5 Å². The van der Waals surface area contributed by atoms with Gasteiger partial charge in [-0.3, -0.25) is 4.79 Å². The molecule has 3 rings (SSSR count). The van der Waals surface area contributed by atoms with Gasteiger partial charge in [0.25, 0.3) is 0 Å². The summed E-state index contributed by atoms with van der Waals surface area (Å²) in [6.07, 6.45) is 9.36. The number of hydrogen-bond donors (Lipinski definition) is 3. The van der Waals surface area contributed by atoms with E-state index < -0.39 is 11.5 Å². The van der Waals surface area contributed by atoms with Crippen LogP contribution in [-0.2, 0) is 4.79 Å². The number of carbonyl (C=O) groups is 1. The van der Waals surface area contributed by atoms with Gasteiger partial charge in [0.05, 0.1) is 7.85 Å². The van der Waals surface area contributed by atoms with Gasteiger partial charge in [-0.15, -0.1) is 0 Å². The van der Waals surface area contributed by atoms with Crippen LogP contribution in [0.25, 0.3) is 0 Å². The Morgan fingerprint density at radius 1 is 1.11 bits per heavy atom. The van der Waals surface area contributed by atoms with Crippen molar-refractivity contribution in [1.82, 2.24) is 5.32 Å². The average molecular weight is 368 g/mol. The Morgan fingerprint density at radius 3 is 2.37 bits per heavy atom. The number of nitrogens with one attached hydrogen (secondary N) is 1. The summed E-state index contributed by atoms with van der Waals surface area (Å²) in [4.78, 5) is 11.7. The van der Waals surface area contributed by atoms with Gasteiger partial charge < -0.3 is 16.2 Å². The summed E-state index contributed by atoms with van der Waals surface area (Å²) >= 11 is 0. The van der Waals surface area contributed by atoms with Crippen molar-refractivity contribution < 1.29 is 9.90 Å². The summed E-state index contributed by atoms with van der Waals surface area (Å²) < 4.78 is 0. The molecule has 2 aliphatic carbocycles. The van der Waals surface area contributed by atoms with E-state index in [-0.39, 0.29) is 5.92 Å². The second-order valence-electron chi connectivity index (χ2n) is 8.58. The highest BCUT2D eigenvalue weighted by molar-refractivity contribution is 6.08. The van der Waals surface area contributed by atoms with Gasteiger partial charge in [0.2, 0.25) is 0 Å². The van der Waals surface area contributed by atoms with Crippen molar-refractivity contribution in [2.24, 2.45) is 11.7 Å². The molecule has 0 bridgehead atoms. The van der Waals surface area contributed by atoms with Crippen LogP contribution in [0.3, 0.4) is 0 Å². The van der Waals surface area contributed by atoms with E-state index in [1.165, 1.54) is 31.2 Å². The number of unbranched alkanes of at least 4 members (excludes halogenated alkanes) is 1. The van der Waals surface area contributed by atoms with Gasteiger partial charge in [-0.25, -0.2) is 0 Å². The third kappa shape index (κ3) is 4.94. The third-order valence-corrected chi connectivity index (χ3v) is 6.78. The molecule has 146 valence electrons. The lowest BCUT2D eigenvalue weighted by molar-refractivity contribution is -0.148. The van der Waals surface area contributed by atoms with E-state index in [0.717, 1.165) is 25.7 Å². The number of rotatable bonds is 9. The molecular formula is C22H33BN2O2. The number of carboxylic acids is 1. The summed E-state index contributed by atoms with van der Waals surface area (Å²) in [5.74, 6) is -0.0955. The minimum absolute atomic E-state index is 0.0749. The minimum atomic E-state index is -1.09. The Morgan fingerprint density at radius 2 is 1.78 bits per heavy atom. The van der Waals surface area contributed by atoms with Crippen molar-refractivity contribution in [3.8, 4) is 0 Å². The SMILES string of the molecule is [B]CCCCC(N)(C(=O)O)C1CC(NC2CCC(c3ccccc3)CC2)C1. The van der Waals surface area contributed by atoms with Crippen LogP contribution < -0.4 is 11.1 Å². The molecule has 4 nitrogen and oxygen atoms in total. The summed E-state index contributed by atoms with van der Waals surface area (Å²) in [6, 6.07) is 11.8. The van der Waals surface area contributed by atoms with Crippen molar-refractivity contribution >= 4 is 13.8 Å². The fraction of sp³-hybridized carbons (Fsp3) is 0.682.